The quantitative estimate of drug-likeness (QED) is 0.809. The third-order valence-electron chi connectivity index (χ3n) is 4.54. The Labute approximate surface area is 151 Å². The molecule has 2 aromatic carbocycles. The molecule has 0 aromatic heterocycles. The number of carbonyl (C=O) groups excluding carboxylic acids is 2. The first-order chi connectivity index (χ1) is 12.5. The van der Waals surface area contributed by atoms with Crippen molar-refractivity contribution in [2.24, 2.45) is 0 Å². The van der Waals surface area contributed by atoms with Crippen molar-refractivity contribution in [1.82, 2.24) is 4.90 Å². The van der Waals surface area contributed by atoms with Gasteiger partial charge in [0.05, 0.1) is 13.5 Å². The summed E-state index contributed by atoms with van der Waals surface area (Å²) >= 11 is 0. The Bertz CT molecular complexity index is 820. The van der Waals surface area contributed by atoms with Crippen LogP contribution in [0.2, 0.25) is 0 Å². The molecular formula is C20H21FN2O3. The van der Waals surface area contributed by atoms with Crippen molar-refractivity contribution in [3.8, 4) is 5.75 Å². The van der Waals surface area contributed by atoms with Gasteiger partial charge in [-0.1, -0.05) is 18.2 Å². The molecule has 1 saturated heterocycles. The van der Waals surface area contributed by atoms with Gasteiger partial charge in [0, 0.05) is 12.2 Å². The van der Waals surface area contributed by atoms with Crippen molar-refractivity contribution in [2.45, 2.75) is 25.8 Å². The van der Waals surface area contributed by atoms with Crippen LogP contribution in [0, 0.1) is 12.7 Å². The Morgan fingerprint density at radius 3 is 2.58 bits per heavy atom. The number of ether oxygens (including phenoxy) is 1. The van der Waals surface area contributed by atoms with Crippen LogP contribution in [0.5, 0.6) is 5.75 Å². The summed E-state index contributed by atoms with van der Waals surface area (Å²) in [6, 6.07) is 11.5. The van der Waals surface area contributed by atoms with E-state index in [9.17, 15) is 14.0 Å². The summed E-state index contributed by atoms with van der Waals surface area (Å²) in [6.45, 7) is 1.99. The number of aryl methyl sites for hydroxylation is 1. The molecule has 2 amide bonds. The van der Waals surface area contributed by atoms with E-state index in [0.717, 1.165) is 11.3 Å². The molecule has 1 atom stereocenters. The second-order valence-electron chi connectivity index (χ2n) is 6.35. The highest BCUT2D eigenvalue weighted by Crippen LogP contribution is 2.21. The molecular weight excluding hydrogens is 335 g/mol. The van der Waals surface area contributed by atoms with E-state index < -0.39 is 6.04 Å². The van der Waals surface area contributed by atoms with Crippen LogP contribution < -0.4 is 10.1 Å². The van der Waals surface area contributed by atoms with Gasteiger partial charge in [0.25, 0.3) is 5.91 Å². The zero-order valence-corrected chi connectivity index (χ0v) is 14.8. The normalized spacial score (nSPS) is 16.9. The zero-order chi connectivity index (χ0) is 18.7. The molecule has 0 spiro atoms. The van der Waals surface area contributed by atoms with Gasteiger partial charge in [0.15, 0.2) is 0 Å². The molecule has 1 aliphatic rings. The lowest BCUT2D eigenvalue weighted by Crippen LogP contribution is -2.36. The third-order valence-corrected chi connectivity index (χ3v) is 4.54. The summed E-state index contributed by atoms with van der Waals surface area (Å²) in [4.78, 5) is 26.0. The minimum Gasteiger partial charge on any atom is -0.497 e. The van der Waals surface area contributed by atoms with Crippen LogP contribution in [-0.2, 0) is 16.0 Å². The summed E-state index contributed by atoms with van der Waals surface area (Å²) in [6.07, 6.45) is 0.657. The fraction of sp³-hybridized carbons (Fsp3) is 0.300. The number of hydrogen-bond acceptors (Lipinski definition) is 4. The fourth-order valence-corrected chi connectivity index (χ4v) is 2.95. The van der Waals surface area contributed by atoms with Gasteiger partial charge in [-0.2, -0.15) is 0 Å². The number of halogens is 1. The van der Waals surface area contributed by atoms with Gasteiger partial charge in [0.1, 0.15) is 17.6 Å². The summed E-state index contributed by atoms with van der Waals surface area (Å²) in [5.74, 6) is -0.0714. The number of amides is 2. The van der Waals surface area contributed by atoms with E-state index in [4.69, 9.17) is 4.74 Å². The maximum Gasteiger partial charge on any atom is 0.252 e. The Morgan fingerprint density at radius 1 is 1.19 bits per heavy atom. The average molecular weight is 356 g/mol. The molecule has 6 heteroatoms. The second-order valence-corrected chi connectivity index (χ2v) is 6.35. The first-order valence-corrected chi connectivity index (χ1v) is 8.48. The standard InChI is InChI=1S/C20H21FN2O3/c1-13-3-6-15(11-17(13)21)22-18-12-19(24)23(20(18)25)10-9-14-4-7-16(26-2)8-5-14/h3-8,11,18,22H,9-10,12H2,1-2H3/t18-/m1/s1. The van der Waals surface area contributed by atoms with Gasteiger partial charge in [-0.05, 0) is 48.7 Å². The highest BCUT2D eigenvalue weighted by Gasteiger charge is 2.38. The summed E-state index contributed by atoms with van der Waals surface area (Å²) in [5.41, 5.74) is 2.05. The lowest BCUT2D eigenvalue weighted by molar-refractivity contribution is -0.138. The predicted octanol–water partition coefficient (Wildman–Crippen LogP) is 2.92. The Morgan fingerprint density at radius 2 is 1.92 bits per heavy atom. The number of rotatable bonds is 6. The number of hydrogen-bond donors (Lipinski definition) is 1. The lowest BCUT2D eigenvalue weighted by atomic mass is 10.1. The van der Waals surface area contributed by atoms with Gasteiger partial charge >= 0.3 is 0 Å². The molecule has 0 aliphatic carbocycles. The molecule has 1 aliphatic heterocycles. The third kappa shape index (κ3) is 3.85. The molecule has 0 saturated carbocycles. The number of nitrogens with one attached hydrogen (secondary N) is 1. The summed E-state index contributed by atoms with van der Waals surface area (Å²) in [7, 11) is 1.60. The van der Waals surface area contributed by atoms with Crippen molar-refractivity contribution < 1.29 is 18.7 Å². The van der Waals surface area contributed by atoms with E-state index in [2.05, 4.69) is 5.32 Å². The maximum atomic E-state index is 13.7. The first kappa shape index (κ1) is 17.9. The minimum absolute atomic E-state index is 0.0803. The van der Waals surface area contributed by atoms with Crippen LogP contribution in [0.1, 0.15) is 17.5 Å². The van der Waals surface area contributed by atoms with E-state index >= 15 is 0 Å². The number of methoxy groups -OCH3 is 1. The van der Waals surface area contributed by atoms with Crippen LogP contribution in [0.3, 0.4) is 0 Å². The van der Waals surface area contributed by atoms with Crippen molar-refractivity contribution in [3.63, 3.8) is 0 Å². The van der Waals surface area contributed by atoms with Crippen molar-refractivity contribution in [2.75, 3.05) is 19.0 Å². The monoisotopic (exact) mass is 356 g/mol. The molecule has 26 heavy (non-hydrogen) atoms. The highest BCUT2D eigenvalue weighted by molar-refractivity contribution is 6.06. The number of imide groups is 1. The molecule has 0 unspecified atom stereocenters. The van der Waals surface area contributed by atoms with E-state index in [1.165, 1.54) is 11.0 Å². The number of benzene rings is 2. The number of likely N-dealkylation sites (tertiary alicyclic amines) is 1. The average Bonchev–Trinajstić information content (AvgIpc) is 2.90. The molecule has 0 radical (unpaired) electrons. The lowest BCUT2D eigenvalue weighted by Gasteiger charge is -2.16. The molecule has 2 aromatic rings. The Balaban J connectivity index is 1.61. The summed E-state index contributed by atoms with van der Waals surface area (Å²) < 4.78 is 18.8. The molecule has 1 N–H and O–H groups in total. The van der Waals surface area contributed by atoms with Crippen molar-refractivity contribution >= 4 is 17.5 Å². The molecule has 136 valence electrons. The topological polar surface area (TPSA) is 58.6 Å². The zero-order valence-electron chi connectivity index (χ0n) is 14.8. The maximum absolute atomic E-state index is 13.7. The van der Waals surface area contributed by atoms with Gasteiger partial charge in [-0.15, -0.1) is 0 Å². The molecule has 5 nitrogen and oxygen atoms in total. The van der Waals surface area contributed by atoms with E-state index in [0.29, 0.717) is 24.2 Å². The molecule has 1 heterocycles. The summed E-state index contributed by atoms with van der Waals surface area (Å²) in [5, 5.41) is 2.96. The van der Waals surface area contributed by atoms with Crippen LogP contribution in [0.4, 0.5) is 10.1 Å². The Kier molecular flexibility index (Phi) is 5.21. The Hall–Kier alpha value is -2.89. The highest BCUT2D eigenvalue weighted by atomic mass is 19.1. The molecule has 3 rings (SSSR count). The minimum atomic E-state index is -0.652. The largest absolute Gasteiger partial charge is 0.497 e. The number of carbonyl (C=O) groups is 2. The smallest absolute Gasteiger partial charge is 0.252 e. The number of nitrogens with zero attached hydrogens (tertiary/aromatic N) is 1. The van der Waals surface area contributed by atoms with Gasteiger partial charge < -0.3 is 10.1 Å². The van der Waals surface area contributed by atoms with Gasteiger partial charge in [0.2, 0.25) is 5.91 Å². The van der Waals surface area contributed by atoms with Crippen LogP contribution in [0.25, 0.3) is 0 Å². The van der Waals surface area contributed by atoms with E-state index in [-0.39, 0.29) is 24.1 Å². The van der Waals surface area contributed by atoms with Crippen LogP contribution in [-0.4, -0.2) is 36.4 Å². The van der Waals surface area contributed by atoms with Crippen molar-refractivity contribution in [3.05, 3.63) is 59.4 Å². The molecule has 0 bridgehead atoms. The van der Waals surface area contributed by atoms with Gasteiger partial charge in [-0.3, -0.25) is 14.5 Å². The van der Waals surface area contributed by atoms with E-state index in [1.54, 1.807) is 26.2 Å². The SMILES string of the molecule is COc1ccc(CCN2C(=O)C[C@@H](Nc3ccc(C)c(F)c3)C2=O)cc1. The second kappa shape index (κ2) is 7.56. The van der Waals surface area contributed by atoms with Crippen LogP contribution >= 0.6 is 0 Å². The van der Waals surface area contributed by atoms with Crippen LogP contribution in [0.15, 0.2) is 42.5 Å². The van der Waals surface area contributed by atoms with E-state index in [1.807, 2.05) is 24.3 Å². The van der Waals surface area contributed by atoms with Gasteiger partial charge in [-0.25, -0.2) is 4.39 Å². The first-order valence-electron chi connectivity index (χ1n) is 8.48. The van der Waals surface area contributed by atoms with Crippen molar-refractivity contribution in [1.29, 1.82) is 0 Å². The fourth-order valence-electron chi connectivity index (χ4n) is 2.95. The number of anilines is 1. The molecule has 1 fully saturated rings. The predicted molar refractivity (Wildman–Crippen MR) is 96.6 cm³/mol.